The van der Waals surface area contributed by atoms with Crippen molar-refractivity contribution in [3.05, 3.63) is 0 Å². The number of carbonyl (C=O) groups is 1. The molecule has 1 aliphatic carbocycles. The van der Waals surface area contributed by atoms with Gasteiger partial charge in [-0.15, -0.1) is 12.4 Å². The number of rotatable bonds is 1. The summed E-state index contributed by atoms with van der Waals surface area (Å²) in [5, 5.41) is 2.42. The predicted octanol–water partition coefficient (Wildman–Crippen LogP) is 1.34. The first-order valence-electron chi connectivity index (χ1n) is 3.14. The van der Waals surface area contributed by atoms with Gasteiger partial charge in [-0.2, -0.15) is 0 Å². The van der Waals surface area contributed by atoms with Crippen LogP contribution in [-0.4, -0.2) is 17.9 Å². The fourth-order valence-corrected chi connectivity index (χ4v) is 1.05. The van der Waals surface area contributed by atoms with Crippen molar-refractivity contribution in [1.82, 2.24) is 5.32 Å². The summed E-state index contributed by atoms with van der Waals surface area (Å²) >= 11 is 0. The van der Waals surface area contributed by atoms with Crippen LogP contribution in [0.25, 0.3) is 0 Å². The van der Waals surface area contributed by atoms with Gasteiger partial charge in [-0.3, -0.25) is 4.79 Å². The first kappa shape index (κ1) is 10.6. The van der Waals surface area contributed by atoms with Gasteiger partial charge in [0.15, 0.2) is 0 Å². The van der Waals surface area contributed by atoms with Gasteiger partial charge < -0.3 is 5.32 Å². The molecular weight excluding hydrogens is 176 g/mol. The van der Waals surface area contributed by atoms with E-state index in [2.05, 4.69) is 5.32 Å². The molecule has 0 aromatic carbocycles. The molecule has 66 valence electrons. The van der Waals surface area contributed by atoms with Crippen LogP contribution in [0.4, 0.5) is 8.78 Å². The van der Waals surface area contributed by atoms with Crippen molar-refractivity contribution in [2.45, 2.75) is 31.7 Å². The lowest BCUT2D eigenvalue weighted by Crippen LogP contribution is -2.49. The van der Waals surface area contributed by atoms with E-state index in [0.717, 1.165) is 0 Å². The van der Waals surface area contributed by atoms with Crippen LogP contribution in [0.5, 0.6) is 0 Å². The molecule has 0 unspecified atom stereocenters. The van der Waals surface area contributed by atoms with E-state index in [-0.39, 0.29) is 37.2 Å². The molecule has 0 aromatic rings. The third kappa shape index (κ3) is 3.01. The number of amides is 1. The van der Waals surface area contributed by atoms with E-state index in [9.17, 15) is 13.6 Å². The molecule has 5 heteroatoms. The summed E-state index contributed by atoms with van der Waals surface area (Å²) in [7, 11) is 0. The molecule has 1 fully saturated rings. The van der Waals surface area contributed by atoms with Gasteiger partial charge in [-0.05, 0) is 0 Å². The highest BCUT2D eigenvalue weighted by Gasteiger charge is 2.45. The minimum Gasteiger partial charge on any atom is -0.353 e. The van der Waals surface area contributed by atoms with Gasteiger partial charge in [-0.25, -0.2) is 8.78 Å². The Balaban J connectivity index is 0.000001000. The molecule has 11 heavy (non-hydrogen) atoms. The average molecular weight is 186 g/mol. The van der Waals surface area contributed by atoms with E-state index in [1.165, 1.54) is 6.92 Å². The second kappa shape index (κ2) is 3.34. The monoisotopic (exact) mass is 185 g/mol. The summed E-state index contributed by atoms with van der Waals surface area (Å²) in [4.78, 5) is 10.3. The van der Waals surface area contributed by atoms with Gasteiger partial charge in [0.2, 0.25) is 5.91 Å². The van der Waals surface area contributed by atoms with Gasteiger partial charge in [-0.1, -0.05) is 0 Å². The van der Waals surface area contributed by atoms with Gasteiger partial charge >= 0.3 is 0 Å². The van der Waals surface area contributed by atoms with Gasteiger partial charge in [0, 0.05) is 25.8 Å². The van der Waals surface area contributed by atoms with E-state index in [4.69, 9.17) is 0 Å². The second-order valence-electron chi connectivity index (χ2n) is 2.66. The molecular formula is C6H10ClF2NO. The molecule has 1 rings (SSSR count). The van der Waals surface area contributed by atoms with Crippen molar-refractivity contribution in [1.29, 1.82) is 0 Å². The standard InChI is InChI=1S/C6H9F2NO.ClH/c1-4(10)9-5-2-6(7,8)3-5;/h5H,2-3H2,1H3,(H,9,10);1H. The number of halogens is 3. The Morgan fingerprint density at radius 1 is 1.55 bits per heavy atom. The van der Waals surface area contributed by atoms with Crippen LogP contribution in [0.15, 0.2) is 0 Å². The molecule has 1 N–H and O–H groups in total. The van der Waals surface area contributed by atoms with Crippen molar-refractivity contribution >= 4 is 18.3 Å². The lowest BCUT2D eigenvalue weighted by Gasteiger charge is -2.34. The predicted molar refractivity (Wildman–Crippen MR) is 39.0 cm³/mol. The summed E-state index contributed by atoms with van der Waals surface area (Å²) in [6.07, 6.45) is -0.404. The Hall–Kier alpha value is -0.380. The van der Waals surface area contributed by atoms with Crippen LogP contribution in [0, 0.1) is 0 Å². The molecule has 1 amide bonds. The van der Waals surface area contributed by atoms with E-state index >= 15 is 0 Å². The van der Waals surface area contributed by atoms with Gasteiger partial charge in [0.05, 0.1) is 0 Å². The normalized spacial score (nSPS) is 21.4. The zero-order valence-electron chi connectivity index (χ0n) is 6.06. The fourth-order valence-electron chi connectivity index (χ4n) is 1.05. The molecule has 1 aliphatic rings. The Morgan fingerprint density at radius 3 is 2.27 bits per heavy atom. The maximum Gasteiger partial charge on any atom is 0.252 e. The van der Waals surface area contributed by atoms with Crippen LogP contribution in [-0.2, 0) is 4.79 Å². The van der Waals surface area contributed by atoms with E-state index in [1.807, 2.05) is 0 Å². The highest BCUT2D eigenvalue weighted by atomic mass is 35.5. The quantitative estimate of drug-likeness (QED) is 0.657. The fraction of sp³-hybridized carbons (Fsp3) is 0.833. The van der Waals surface area contributed by atoms with Crippen molar-refractivity contribution in [3.8, 4) is 0 Å². The lowest BCUT2D eigenvalue weighted by molar-refractivity contribution is -0.127. The van der Waals surface area contributed by atoms with Crippen molar-refractivity contribution < 1.29 is 13.6 Å². The molecule has 0 radical (unpaired) electrons. The van der Waals surface area contributed by atoms with Crippen molar-refractivity contribution in [2.75, 3.05) is 0 Å². The second-order valence-corrected chi connectivity index (χ2v) is 2.66. The molecule has 0 aromatic heterocycles. The van der Waals surface area contributed by atoms with Crippen LogP contribution in [0.2, 0.25) is 0 Å². The molecule has 0 heterocycles. The maximum atomic E-state index is 12.1. The molecule has 0 saturated heterocycles. The molecule has 0 atom stereocenters. The van der Waals surface area contributed by atoms with Gasteiger partial charge in [0.25, 0.3) is 5.92 Å². The average Bonchev–Trinajstić information content (AvgIpc) is 1.57. The summed E-state index contributed by atoms with van der Waals surface area (Å²) in [6, 6.07) is -0.299. The first-order chi connectivity index (χ1) is 4.49. The molecule has 1 saturated carbocycles. The highest BCUT2D eigenvalue weighted by Crippen LogP contribution is 2.37. The third-order valence-electron chi connectivity index (χ3n) is 1.50. The summed E-state index contributed by atoms with van der Waals surface area (Å²) < 4.78 is 24.2. The topological polar surface area (TPSA) is 29.1 Å². The minimum absolute atomic E-state index is 0. The zero-order valence-corrected chi connectivity index (χ0v) is 6.88. The Morgan fingerprint density at radius 2 is 2.00 bits per heavy atom. The molecule has 2 nitrogen and oxygen atoms in total. The van der Waals surface area contributed by atoms with Crippen LogP contribution in [0.3, 0.4) is 0 Å². The highest BCUT2D eigenvalue weighted by molar-refractivity contribution is 5.85. The van der Waals surface area contributed by atoms with Crippen LogP contribution in [0.1, 0.15) is 19.8 Å². The van der Waals surface area contributed by atoms with E-state index in [1.54, 1.807) is 0 Å². The molecule has 0 aliphatic heterocycles. The van der Waals surface area contributed by atoms with Gasteiger partial charge in [0.1, 0.15) is 0 Å². The van der Waals surface area contributed by atoms with Crippen LogP contribution < -0.4 is 5.32 Å². The third-order valence-corrected chi connectivity index (χ3v) is 1.50. The largest absolute Gasteiger partial charge is 0.353 e. The van der Waals surface area contributed by atoms with E-state index < -0.39 is 5.92 Å². The number of carbonyl (C=O) groups excluding carboxylic acids is 1. The Bertz CT molecular complexity index is 155. The van der Waals surface area contributed by atoms with Crippen molar-refractivity contribution in [3.63, 3.8) is 0 Å². The number of nitrogens with one attached hydrogen (secondary N) is 1. The minimum atomic E-state index is -2.53. The number of hydrogen-bond donors (Lipinski definition) is 1. The van der Waals surface area contributed by atoms with E-state index in [0.29, 0.717) is 0 Å². The maximum absolute atomic E-state index is 12.1. The lowest BCUT2D eigenvalue weighted by atomic mass is 9.88. The van der Waals surface area contributed by atoms with Crippen LogP contribution >= 0.6 is 12.4 Å². The Kier molecular flexibility index (Phi) is 3.23. The molecule has 0 spiro atoms. The summed E-state index contributed by atoms with van der Waals surface area (Å²) in [6.45, 7) is 1.33. The SMILES string of the molecule is CC(=O)NC1CC(F)(F)C1.Cl. The first-order valence-corrected chi connectivity index (χ1v) is 3.14. The summed E-state index contributed by atoms with van der Waals surface area (Å²) in [5.74, 6) is -2.77. The molecule has 0 bridgehead atoms. The van der Waals surface area contributed by atoms with Crippen molar-refractivity contribution in [2.24, 2.45) is 0 Å². The Labute approximate surface area is 69.8 Å². The number of alkyl halides is 2. The number of hydrogen-bond acceptors (Lipinski definition) is 1. The summed E-state index contributed by atoms with van der Waals surface area (Å²) in [5.41, 5.74) is 0. The smallest absolute Gasteiger partial charge is 0.252 e. The zero-order chi connectivity index (χ0) is 7.78.